The Morgan fingerprint density at radius 3 is 2.40 bits per heavy atom. The van der Waals surface area contributed by atoms with Crippen LogP contribution < -0.4 is 0 Å². The van der Waals surface area contributed by atoms with Crippen molar-refractivity contribution in [2.75, 3.05) is 0 Å². The van der Waals surface area contributed by atoms with Crippen LogP contribution in [0.4, 0.5) is 0 Å². The van der Waals surface area contributed by atoms with Crippen molar-refractivity contribution in [2.24, 2.45) is 0 Å². The fraction of sp³-hybridized carbons (Fsp3) is 0.583. The van der Waals surface area contributed by atoms with Crippen molar-refractivity contribution >= 4 is 5.97 Å². The monoisotopic (exact) mass is 210 g/mol. The quantitative estimate of drug-likeness (QED) is 0.310. The summed E-state index contributed by atoms with van der Waals surface area (Å²) < 4.78 is 10.7. The molecule has 0 atom stereocenters. The average Bonchev–Trinajstić information content (AvgIpc) is 2.19. The zero-order valence-electron chi connectivity index (χ0n) is 9.25. The van der Waals surface area contributed by atoms with E-state index in [1.54, 1.807) is 6.92 Å². The Balaban J connectivity index is 2.67. The van der Waals surface area contributed by atoms with Crippen LogP contribution in [-0.2, 0) is 14.3 Å². The summed E-state index contributed by atoms with van der Waals surface area (Å²) in [6.45, 7) is 8.70. The second-order valence-electron chi connectivity index (χ2n) is 3.93. The minimum absolute atomic E-state index is 0.390. The number of rotatable bonds is 4. The van der Waals surface area contributed by atoms with Gasteiger partial charge in [-0.3, -0.25) is 0 Å². The lowest BCUT2D eigenvalue weighted by atomic mass is 9.94. The molecule has 0 N–H and O–H groups in total. The summed E-state index contributed by atoms with van der Waals surface area (Å²) in [7, 11) is 0. The first kappa shape index (κ1) is 11.8. The highest BCUT2D eigenvalue weighted by atomic mass is 16.7. The summed E-state index contributed by atoms with van der Waals surface area (Å²) in [6.07, 6.45) is 5.99. The van der Waals surface area contributed by atoms with Crippen LogP contribution in [0.1, 0.15) is 39.0 Å². The highest BCUT2D eigenvalue weighted by Gasteiger charge is 2.37. The van der Waals surface area contributed by atoms with E-state index >= 15 is 0 Å². The van der Waals surface area contributed by atoms with Gasteiger partial charge in [0, 0.05) is 18.4 Å². The number of hydrogen-bond donors (Lipinski definition) is 0. The van der Waals surface area contributed by atoms with Crippen LogP contribution in [-0.4, -0.2) is 11.8 Å². The summed E-state index contributed by atoms with van der Waals surface area (Å²) in [5.74, 6) is -1.19. The molecule has 1 aliphatic rings. The molecule has 0 radical (unpaired) electrons. The molecule has 15 heavy (non-hydrogen) atoms. The van der Waals surface area contributed by atoms with Crippen molar-refractivity contribution in [3.63, 3.8) is 0 Å². The van der Waals surface area contributed by atoms with E-state index in [4.69, 9.17) is 9.47 Å². The third-order valence-corrected chi connectivity index (χ3v) is 2.54. The lowest BCUT2D eigenvalue weighted by molar-refractivity contribution is -0.219. The summed E-state index contributed by atoms with van der Waals surface area (Å²) in [6, 6.07) is 0. The van der Waals surface area contributed by atoms with Gasteiger partial charge in [0.15, 0.2) is 0 Å². The van der Waals surface area contributed by atoms with Crippen LogP contribution in [0.15, 0.2) is 25.0 Å². The molecular weight excluding hydrogens is 192 g/mol. The summed E-state index contributed by atoms with van der Waals surface area (Å²) in [5.41, 5.74) is 0.396. The number of hydrogen-bond acceptors (Lipinski definition) is 3. The number of carbonyl (C=O) groups excluding carboxylic acids is 1. The molecular formula is C12H18O3. The smallest absolute Gasteiger partial charge is 0.336 e. The maximum Gasteiger partial charge on any atom is 0.336 e. The highest BCUT2D eigenvalue weighted by molar-refractivity contribution is 5.87. The van der Waals surface area contributed by atoms with Gasteiger partial charge in [0.05, 0.1) is 6.26 Å². The standard InChI is InChI=1S/C12H18O3/c1-4-14-12(8-6-5-7-9-12)15-11(13)10(2)3/h4H,1-2,5-9H2,3H3. The molecule has 3 nitrogen and oxygen atoms in total. The lowest BCUT2D eigenvalue weighted by Gasteiger charge is -2.35. The van der Waals surface area contributed by atoms with Gasteiger partial charge in [-0.05, 0) is 19.8 Å². The SMILES string of the molecule is C=COC1(OC(=O)C(=C)C)CCCCC1. The Hall–Kier alpha value is -1.25. The number of ether oxygens (including phenoxy) is 2. The molecule has 0 aromatic carbocycles. The fourth-order valence-electron chi connectivity index (χ4n) is 1.74. The summed E-state index contributed by atoms with van der Waals surface area (Å²) in [5, 5.41) is 0. The molecule has 3 heteroatoms. The molecule has 0 spiro atoms. The zero-order chi connectivity index (χ0) is 11.3. The van der Waals surface area contributed by atoms with Gasteiger partial charge in [0.25, 0.3) is 5.79 Å². The predicted molar refractivity (Wildman–Crippen MR) is 58.0 cm³/mol. The van der Waals surface area contributed by atoms with Crippen molar-refractivity contribution in [2.45, 2.75) is 44.8 Å². The van der Waals surface area contributed by atoms with Gasteiger partial charge in [-0.2, -0.15) is 0 Å². The maximum atomic E-state index is 11.5. The van der Waals surface area contributed by atoms with Crippen molar-refractivity contribution in [1.29, 1.82) is 0 Å². The minimum Gasteiger partial charge on any atom is -0.460 e. The Labute approximate surface area is 90.8 Å². The van der Waals surface area contributed by atoms with Crippen molar-refractivity contribution in [1.82, 2.24) is 0 Å². The zero-order valence-corrected chi connectivity index (χ0v) is 9.25. The van der Waals surface area contributed by atoms with E-state index < -0.39 is 11.8 Å². The summed E-state index contributed by atoms with van der Waals surface area (Å²) in [4.78, 5) is 11.5. The van der Waals surface area contributed by atoms with Gasteiger partial charge in [-0.15, -0.1) is 0 Å². The molecule has 0 aliphatic heterocycles. The van der Waals surface area contributed by atoms with Gasteiger partial charge >= 0.3 is 5.97 Å². The van der Waals surface area contributed by atoms with Crippen LogP contribution in [0.2, 0.25) is 0 Å². The van der Waals surface area contributed by atoms with Crippen LogP contribution in [0.3, 0.4) is 0 Å². The molecule has 0 bridgehead atoms. The molecule has 1 saturated carbocycles. The molecule has 1 rings (SSSR count). The van der Waals surface area contributed by atoms with E-state index in [0.717, 1.165) is 32.1 Å². The predicted octanol–water partition coefficient (Wildman–Crippen LogP) is 2.93. The van der Waals surface area contributed by atoms with Gasteiger partial charge in [0.2, 0.25) is 0 Å². The Bertz CT molecular complexity index is 262. The average molecular weight is 210 g/mol. The first-order valence-corrected chi connectivity index (χ1v) is 5.27. The lowest BCUT2D eigenvalue weighted by Crippen LogP contribution is -2.38. The molecule has 1 aliphatic carbocycles. The molecule has 0 saturated heterocycles. The molecule has 0 aromatic heterocycles. The molecule has 0 aromatic rings. The first-order chi connectivity index (χ1) is 7.09. The van der Waals surface area contributed by atoms with Gasteiger partial charge in [-0.25, -0.2) is 4.79 Å². The van der Waals surface area contributed by atoms with E-state index in [1.807, 2.05) is 0 Å². The topological polar surface area (TPSA) is 35.5 Å². The van der Waals surface area contributed by atoms with Crippen LogP contribution in [0, 0.1) is 0 Å². The van der Waals surface area contributed by atoms with Crippen molar-refractivity contribution in [3.05, 3.63) is 25.0 Å². The minimum atomic E-state index is -0.796. The highest BCUT2D eigenvalue weighted by Crippen LogP contribution is 2.33. The maximum absolute atomic E-state index is 11.5. The summed E-state index contributed by atoms with van der Waals surface area (Å²) >= 11 is 0. The Kier molecular flexibility index (Phi) is 3.95. The van der Waals surface area contributed by atoms with E-state index in [0.29, 0.717) is 5.57 Å². The third kappa shape index (κ3) is 3.11. The van der Waals surface area contributed by atoms with Crippen molar-refractivity contribution in [3.8, 4) is 0 Å². The molecule has 1 fully saturated rings. The van der Waals surface area contributed by atoms with Gasteiger partial charge in [-0.1, -0.05) is 19.6 Å². The van der Waals surface area contributed by atoms with Crippen LogP contribution in [0.5, 0.6) is 0 Å². The second-order valence-corrected chi connectivity index (χ2v) is 3.93. The Morgan fingerprint density at radius 1 is 1.33 bits per heavy atom. The van der Waals surface area contributed by atoms with E-state index in [2.05, 4.69) is 13.2 Å². The largest absolute Gasteiger partial charge is 0.460 e. The molecule has 0 heterocycles. The normalized spacial score (nSPS) is 19.0. The molecule has 0 amide bonds. The Morgan fingerprint density at radius 2 is 1.93 bits per heavy atom. The molecule has 0 unspecified atom stereocenters. The first-order valence-electron chi connectivity index (χ1n) is 5.27. The van der Waals surface area contributed by atoms with Crippen molar-refractivity contribution < 1.29 is 14.3 Å². The number of carbonyl (C=O) groups is 1. The molecule has 84 valence electrons. The van der Waals surface area contributed by atoms with E-state index in [1.165, 1.54) is 6.26 Å². The van der Waals surface area contributed by atoms with E-state index in [9.17, 15) is 4.79 Å². The fourth-order valence-corrected chi connectivity index (χ4v) is 1.74. The van der Waals surface area contributed by atoms with E-state index in [-0.39, 0.29) is 0 Å². The van der Waals surface area contributed by atoms with Gasteiger partial charge < -0.3 is 9.47 Å². The van der Waals surface area contributed by atoms with Crippen LogP contribution in [0.25, 0.3) is 0 Å². The third-order valence-electron chi connectivity index (χ3n) is 2.54. The van der Waals surface area contributed by atoms with Gasteiger partial charge in [0.1, 0.15) is 0 Å². The van der Waals surface area contributed by atoms with Crippen LogP contribution >= 0.6 is 0 Å². The second kappa shape index (κ2) is 5.01. The number of esters is 1.